The molecule has 3 heteroatoms. The first-order valence-corrected chi connectivity index (χ1v) is 6.60. The monoisotopic (exact) mass is 274 g/mol. The summed E-state index contributed by atoms with van der Waals surface area (Å²) in [6.45, 7) is 3.33. The normalized spacial score (nSPS) is 12.2. The van der Waals surface area contributed by atoms with E-state index >= 15 is 0 Å². The van der Waals surface area contributed by atoms with Crippen LogP contribution < -0.4 is 0 Å². The van der Waals surface area contributed by atoms with E-state index in [1.54, 1.807) is 0 Å². The van der Waals surface area contributed by atoms with Gasteiger partial charge in [-0.15, -0.1) is 0 Å². The Labute approximate surface area is 117 Å². The Balaban J connectivity index is 2.42. The van der Waals surface area contributed by atoms with Gasteiger partial charge in [-0.25, -0.2) is 8.78 Å². The van der Waals surface area contributed by atoms with Crippen molar-refractivity contribution in [1.82, 2.24) is 0 Å². The molecule has 1 nitrogen and oxygen atoms in total. The quantitative estimate of drug-likeness (QED) is 0.742. The number of carbonyl (C=O) groups is 1. The standard InChI is InChI=1S/C17H16F2O/c1-3-13(12-7-5-4-6-8-12)17(20)14-10-9-11(2)15(18)16(14)19/h4-10,13H,3H2,1-2H3. The van der Waals surface area contributed by atoms with Crippen LogP contribution in [0.15, 0.2) is 42.5 Å². The molecule has 2 aromatic carbocycles. The average Bonchev–Trinajstić information content (AvgIpc) is 2.47. The Kier molecular flexibility index (Phi) is 4.28. The van der Waals surface area contributed by atoms with E-state index in [9.17, 15) is 13.6 Å². The summed E-state index contributed by atoms with van der Waals surface area (Å²) in [5.74, 6) is -2.83. The molecule has 0 aliphatic rings. The van der Waals surface area contributed by atoms with Crippen LogP contribution in [0.4, 0.5) is 8.78 Å². The van der Waals surface area contributed by atoms with Crippen molar-refractivity contribution >= 4 is 5.78 Å². The van der Waals surface area contributed by atoms with E-state index in [1.165, 1.54) is 19.1 Å². The van der Waals surface area contributed by atoms with Crippen molar-refractivity contribution in [2.75, 3.05) is 0 Å². The summed E-state index contributed by atoms with van der Waals surface area (Å²) in [6, 6.07) is 12.0. The SMILES string of the molecule is CCC(C(=O)c1ccc(C)c(F)c1F)c1ccccc1. The number of ketones is 1. The number of Topliss-reactive ketones (excluding diaryl/α,β-unsaturated/α-hetero) is 1. The van der Waals surface area contributed by atoms with Crippen molar-refractivity contribution < 1.29 is 13.6 Å². The molecule has 0 aliphatic heterocycles. The maximum atomic E-state index is 13.9. The molecule has 1 unspecified atom stereocenters. The highest BCUT2D eigenvalue weighted by Crippen LogP contribution is 2.26. The Bertz CT molecular complexity index is 620. The summed E-state index contributed by atoms with van der Waals surface area (Å²) in [7, 11) is 0. The minimum absolute atomic E-state index is 0.177. The molecule has 2 aromatic rings. The zero-order chi connectivity index (χ0) is 14.7. The first kappa shape index (κ1) is 14.4. The largest absolute Gasteiger partial charge is 0.293 e. The number of hydrogen-bond donors (Lipinski definition) is 0. The zero-order valence-electron chi connectivity index (χ0n) is 11.5. The molecular formula is C17H16F2O. The number of rotatable bonds is 4. The van der Waals surface area contributed by atoms with Crippen molar-refractivity contribution in [3.63, 3.8) is 0 Å². The van der Waals surface area contributed by atoms with Gasteiger partial charge >= 0.3 is 0 Å². The molecule has 0 saturated heterocycles. The fourth-order valence-corrected chi connectivity index (χ4v) is 2.28. The van der Waals surface area contributed by atoms with E-state index in [-0.39, 0.29) is 16.9 Å². The molecule has 0 amide bonds. The number of carbonyl (C=O) groups excluding carboxylic acids is 1. The molecule has 0 heterocycles. The topological polar surface area (TPSA) is 17.1 Å². The third-order valence-corrected chi connectivity index (χ3v) is 3.47. The molecule has 0 N–H and O–H groups in total. The molecule has 0 spiro atoms. The van der Waals surface area contributed by atoms with Gasteiger partial charge in [0.15, 0.2) is 17.4 Å². The lowest BCUT2D eigenvalue weighted by Gasteiger charge is -2.15. The fourth-order valence-electron chi connectivity index (χ4n) is 2.28. The third kappa shape index (κ3) is 2.62. The second kappa shape index (κ2) is 5.95. The summed E-state index contributed by atoms with van der Waals surface area (Å²) >= 11 is 0. The summed E-state index contributed by atoms with van der Waals surface area (Å²) in [4.78, 5) is 12.5. The van der Waals surface area contributed by atoms with Gasteiger partial charge < -0.3 is 0 Å². The van der Waals surface area contributed by atoms with Crippen LogP contribution in [-0.4, -0.2) is 5.78 Å². The van der Waals surface area contributed by atoms with Crippen molar-refractivity contribution in [1.29, 1.82) is 0 Å². The predicted octanol–water partition coefficient (Wildman–Crippen LogP) is 4.65. The van der Waals surface area contributed by atoms with Crippen molar-refractivity contribution in [2.24, 2.45) is 0 Å². The number of aryl methyl sites for hydroxylation is 1. The van der Waals surface area contributed by atoms with Gasteiger partial charge in [0.2, 0.25) is 0 Å². The predicted molar refractivity (Wildman–Crippen MR) is 74.9 cm³/mol. The lowest BCUT2D eigenvalue weighted by atomic mass is 9.88. The Morgan fingerprint density at radius 2 is 1.70 bits per heavy atom. The lowest BCUT2D eigenvalue weighted by Crippen LogP contribution is -2.15. The molecule has 0 fully saturated rings. The van der Waals surface area contributed by atoms with Gasteiger partial charge in [-0.1, -0.05) is 43.3 Å². The zero-order valence-corrected chi connectivity index (χ0v) is 11.5. The van der Waals surface area contributed by atoms with Crippen LogP contribution in [0.3, 0.4) is 0 Å². The number of benzene rings is 2. The van der Waals surface area contributed by atoms with Gasteiger partial charge in [0.05, 0.1) is 5.56 Å². The second-order valence-electron chi connectivity index (χ2n) is 4.79. The van der Waals surface area contributed by atoms with Crippen LogP contribution in [0.2, 0.25) is 0 Å². The summed E-state index contributed by atoms with van der Waals surface area (Å²) in [6.07, 6.45) is 0.539. The van der Waals surface area contributed by atoms with E-state index in [1.807, 2.05) is 37.3 Å². The van der Waals surface area contributed by atoms with Gasteiger partial charge in [-0.2, -0.15) is 0 Å². The Hall–Kier alpha value is -2.03. The highest BCUT2D eigenvalue weighted by Gasteiger charge is 2.24. The fraction of sp³-hybridized carbons (Fsp3) is 0.235. The highest BCUT2D eigenvalue weighted by atomic mass is 19.2. The molecule has 2 rings (SSSR count). The maximum Gasteiger partial charge on any atom is 0.173 e. The molecule has 20 heavy (non-hydrogen) atoms. The van der Waals surface area contributed by atoms with E-state index in [2.05, 4.69) is 0 Å². The summed E-state index contributed by atoms with van der Waals surface area (Å²) in [5, 5.41) is 0. The van der Waals surface area contributed by atoms with Gasteiger partial charge in [0.1, 0.15) is 0 Å². The minimum Gasteiger partial charge on any atom is -0.293 e. The van der Waals surface area contributed by atoms with Crippen LogP contribution in [-0.2, 0) is 0 Å². The first-order valence-electron chi connectivity index (χ1n) is 6.60. The molecule has 0 saturated carbocycles. The van der Waals surface area contributed by atoms with Crippen LogP contribution >= 0.6 is 0 Å². The van der Waals surface area contributed by atoms with Crippen LogP contribution in [0, 0.1) is 18.6 Å². The minimum atomic E-state index is -1.05. The summed E-state index contributed by atoms with van der Waals surface area (Å²) < 4.78 is 27.5. The third-order valence-electron chi connectivity index (χ3n) is 3.47. The van der Waals surface area contributed by atoms with E-state index in [4.69, 9.17) is 0 Å². The van der Waals surface area contributed by atoms with Gasteiger partial charge in [0.25, 0.3) is 0 Å². The van der Waals surface area contributed by atoms with Crippen molar-refractivity contribution in [3.8, 4) is 0 Å². The smallest absolute Gasteiger partial charge is 0.173 e. The van der Waals surface area contributed by atoms with Gasteiger partial charge in [0, 0.05) is 5.92 Å². The number of halogens is 2. The van der Waals surface area contributed by atoms with Crippen molar-refractivity contribution in [3.05, 3.63) is 70.8 Å². The van der Waals surface area contributed by atoms with Gasteiger partial charge in [-0.05, 0) is 30.5 Å². The van der Waals surface area contributed by atoms with E-state index in [0.717, 1.165) is 5.56 Å². The molecule has 0 aliphatic carbocycles. The molecule has 104 valence electrons. The van der Waals surface area contributed by atoms with E-state index in [0.29, 0.717) is 6.42 Å². The molecular weight excluding hydrogens is 258 g/mol. The highest BCUT2D eigenvalue weighted by molar-refractivity contribution is 6.01. The maximum absolute atomic E-state index is 13.9. The molecule has 0 aromatic heterocycles. The Morgan fingerprint density at radius 3 is 2.30 bits per heavy atom. The van der Waals surface area contributed by atoms with Crippen LogP contribution in [0.1, 0.15) is 40.7 Å². The lowest BCUT2D eigenvalue weighted by molar-refractivity contribution is 0.0952. The van der Waals surface area contributed by atoms with Gasteiger partial charge in [-0.3, -0.25) is 4.79 Å². The van der Waals surface area contributed by atoms with E-state index < -0.39 is 17.6 Å². The van der Waals surface area contributed by atoms with Crippen LogP contribution in [0.5, 0.6) is 0 Å². The average molecular weight is 274 g/mol. The van der Waals surface area contributed by atoms with Crippen molar-refractivity contribution in [2.45, 2.75) is 26.2 Å². The molecule has 0 bridgehead atoms. The molecule has 1 atom stereocenters. The van der Waals surface area contributed by atoms with Crippen LogP contribution in [0.25, 0.3) is 0 Å². The Morgan fingerprint density at radius 1 is 1.05 bits per heavy atom. The first-order chi connectivity index (χ1) is 9.56. The summed E-state index contributed by atoms with van der Waals surface area (Å²) in [5.41, 5.74) is 0.844. The molecule has 0 radical (unpaired) electrons. The number of hydrogen-bond acceptors (Lipinski definition) is 1. The second-order valence-corrected chi connectivity index (χ2v) is 4.79.